The maximum Gasteiger partial charge on any atom is 1.00 e. The molecule has 0 amide bonds. The molecule has 0 aliphatic heterocycles. The van der Waals surface area contributed by atoms with Gasteiger partial charge in [-0.25, -0.2) is 4.79 Å². The molecule has 14 nitrogen and oxygen atoms in total. The maximum atomic E-state index is 10.8. The van der Waals surface area contributed by atoms with E-state index in [2.05, 4.69) is 25.5 Å². The molecule has 15 heteroatoms. The molecule has 36 heavy (non-hydrogen) atoms. The quantitative estimate of drug-likeness (QED) is 0.0808. The Morgan fingerprint density at radius 3 is 1.39 bits per heavy atom. The van der Waals surface area contributed by atoms with Crippen molar-refractivity contribution in [1.82, 2.24) is 0 Å². The average molecular weight is 544 g/mol. The normalized spacial score (nSPS) is 7.50. The molecular formula is C21H34KN3O11. The first-order valence-corrected chi connectivity index (χ1v) is 9.25. The summed E-state index contributed by atoms with van der Waals surface area (Å²) in [5, 5.41) is 47.2. The molecule has 3 N–H and O–H groups in total. The Bertz CT molecular complexity index is 731. The van der Waals surface area contributed by atoms with Gasteiger partial charge in [0.25, 0.3) is 0 Å². The number of ether oxygens (including phenoxy) is 4. The third-order valence-corrected chi connectivity index (χ3v) is 2.28. The van der Waals surface area contributed by atoms with Crippen LogP contribution >= 0.6 is 0 Å². The summed E-state index contributed by atoms with van der Waals surface area (Å²) < 4.78 is 17.6. The van der Waals surface area contributed by atoms with Crippen LogP contribution in [0.1, 0.15) is 35.0 Å². The van der Waals surface area contributed by atoms with E-state index in [0.717, 1.165) is 0 Å². The van der Waals surface area contributed by atoms with Gasteiger partial charge in [0.15, 0.2) is 0 Å². The topological polar surface area (TPSA) is 237 Å². The Balaban J connectivity index is -0.0000000685. The summed E-state index contributed by atoms with van der Waals surface area (Å²) in [6.45, 7) is 4.35. The second-order valence-corrected chi connectivity index (χ2v) is 5.11. The number of methoxy groups -OCH3 is 1. The third-order valence-electron chi connectivity index (χ3n) is 2.28. The first kappa shape index (κ1) is 46.9. The van der Waals surface area contributed by atoms with E-state index >= 15 is 0 Å². The molecule has 0 aromatic heterocycles. The molecular weight excluding hydrogens is 509 g/mol. The number of hydrogen-bond donors (Lipinski definition) is 3. The first-order valence-electron chi connectivity index (χ1n) is 9.25. The van der Waals surface area contributed by atoms with E-state index in [1.165, 1.54) is 14.0 Å². The van der Waals surface area contributed by atoms with Gasteiger partial charge in [-0.1, -0.05) is 14.0 Å². The van der Waals surface area contributed by atoms with Crippen molar-refractivity contribution in [2.45, 2.75) is 33.6 Å². The van der Waals surface area contributed by atoms with Crippen molar-refractivity contribution in [2.75, 3.05) is 46.8 Å². The van der Waals surface area contributed by atoms with Gasteiger partial charge in [0, 0.05) is 5.57 Å². The molecule has 0 aliphatic carbocycles. The van der Waals surface area contributed by atoms with Crippen molar-refractivity contribution in [3.05, 3.63) is 12.2 Å². The molecule has 0 spiro atoms. The van der Waals surface area contributed by atoms with Crippen molar-refractivity contribution in [2.24, 2.45) is 0 Å². The van der Waals surface area contributed by atoms with Crippen molar-refractivity contribution in [3.8, 4) is 18.2 Å². The third kappa shape index (κ3) is 48.9. The zero-order valence-electron chi connectivity index (χ0n) is 21.0. The second kappa shape index (κ2) is 39.8. The summed E-state index contributed by atoms with van der Waals surface area (Å²) in [7, 11) is 1.25. The van der Waals surface area contributed by atoms with Crippen molar-refractivity contribution < 1.29 is 106 Å². The molecule has 200 valence electrons. The average Bonchev–Trinajstić information content (AvgIpc) is 2.81. The van der Waals surface area contributed by atoms with Crippen LogP contribution in [0.25, 0.3) is 0 Å². The van der Waals surface area contributed by atoms with Gasteiger partial charge in [0.2, 0.25) is 0 Å². The predicted octanol–water partition coefficient (Wildman–Crippen LogP) is -3.21. The minimum absolute atomic E-state index is 0. The fraction of sp³-hybridized carbons (Fsp3) is 0.571. The van der Waals surface area contributed by atoms with E-state index in [0.29, 0.717) is 0 Å². The number of carbonyl (C=O) groups is 4. The number of esters is 4. The SMILES string of the molecule is C.C=C(C)C(=O)OCCOC(=O)CC#N.COC(=O)CC#N.N#CCC(=O)OCCO.OCCO.[H-].[K+]. The summed E-state index contributed by atoms with van der Waals surface area (Å²) >= 11 is 0. The summed E-state index contributed by atoms with van der Waals surface area (Å²) in [6.07, 6.45) is -0.703. The van der Waals surface area contributed by atoms with Crippen LogP contribution in [0.2, 0.25) is 0 Å². The van der Waals surface area contributed by atoms with Gasteiger partial charge in [-0.3, -0.25) is 14.4 Å². The van der Waals surface area contributed by atoms with E-state index in [-0.39, 0.29) is 125 Å². The van der Waals surface area contributed by atoms with Crippen molar-refractivity contribution >= 4 is 23.9 Å². The van der Waals surface area contributed by atoms with Crippen LogP contribution in [-0.4, -0.2) is 85.9 Å². The van der Waals surface area contributed by atoms with E-state index < -0.39 is 23.9 Å². The van der Waals surface area contributed by atoms with Crippen LogP contribution in [0.15, 0.2) is 12.2 Å². The minimum Gasteiger partial charge on any atom is -1.00 e. The van der Waals surface area contributed by atoms with Gasteiger partial charge >= 0.3 is 75.3 Å². The van der Waals surface area contributed by atoms with Crippen LogP contribution < -0.4 is 51.4 Å². The number of nitriles is 3. The molecule has 0 saturated carbocycles. The van der Waals surface area contributed by atoms with Crippen molar-refractivity contribution in [3.63, 3.8) is 0 Å². The molecule has 0 aromatic carbocycles. The number of aliphatic hydroxyl groups excluding tert-OH is 3. The summed E-state index contributed by atoms with van der Waals surface area (Å²) in [5.41, 5.74) is 0.286. The zero-order valence-corrected chi connectivity index (χ0v) is 23.1. The molecule has 0 radical (unpaired) electrons. The first-order chi connectivity index (χ1) is 16.1. The van der Waals surface area contributed by atoms with Crippen LogP contribution in [0.3, 0.4) is 0 Å². The van der Waals surface area contributed by atoms with Gasteiger partial charge in [0.05, 0.1) is 45.1 Å². The van der Waals surface area contributed by atoms with Gasteiger partial charge in [-0.2, -0.15) is 15.8 Å². The molecule has 0 saturated heterocycles. The molecule has 0 rings (SSSR count). The number of rotatable bonds is 10. The standard InChI is InChI=1S/C9H11NO4.C5H7NO3.C4H5NO2.C2H6O2.CH4.K.H/c1-7(2)9(12)14-6-5-13-8(11)3-4-10;6-2-1-5(8)9-4-3-7;1-7-4(6)2-3-5;3-1-2-4;;;/h1,3,5-6H2,2H3;7H,1,3-4H2;2H2,1H3;3-4H,1-2H2;1H4;;/q;;;;;+1;-1. The van der Waals surface area contributed by atoms with E-state index in [1.54, 1.807) is 18.2 Å². The second-order valence-electron chi connectivity index (χ2n) is 5.11. The predicted molar refractivity (Wildman–Crippen MR) is 119 cm³/mol. The fourth-order valence-electron chi connectivity index (χ4n) is 0.940. The Hall–Kier alpha value is -2.39. The van der Waals surface area contributed by atoms with Crippen LogP contribution in [0.4, 0.5) is 0 Å². The van der Waals surface area contributed by atoms with Crippen LogP contribution in [-0.2, 0) is 38.1 Å². The monoisotopic (exact) mass is 543 g/mol. The number of hydrogen-bond acceptors (Lipinski definition) is 14. The molecule has 0 fully saturated rings. The van der Waals surface area contributed by atoms with Gasteiger partial charge in [0.1, 0.15) is 39.1 Å². The van der Waals surface area contributed by atoms with E-state index in [9.17, 15) is 19.2 Å². The zero-order chi connectivity index (χ0) is 27.2. The Labute approximate surface area is 254 Å². The summed E-state index contributed by atoms with van der Waals surface area (Å²) in [4.78, 5) is 41.6. The minimum atomic E-state index is -0.626. The van der Waals surface area contributed by atoms with E-state index in [4.69, 9.17) is 31.1 Å². The summed E-state index contributed by atoms with van der Waals surface area (Å²) in [5.74, 6) is -2.23. The molecule has 0 unspecified atom stereocenters. The number of aliphatic hydroxyl groups is 3. The fourth-order valence-corrected chi connectivity index (χ4v) is 0.940. The Morgan fingerprint density at radius 2 is 1.11 bits per heavy atom. The van der Waals surface area contributed by atoms with Gasteiger partial charge in [-0.15, -0.1) is 0 Å². The van der Waals surface area contributed by atoms with Crippen molar-refractivity contribution in [1.29, 1.82) is 15.8 Å². The van der Waals surface area contributed by atoms with Gasteiger partial charge in [-0.05, 0) is 6.92 Å². The molecule has 0 bridgehead atoms. The molecule has 0 atom stereocenters. The van der Waals surface area contributed by atoms with Gasteiger partial charge < -0.3 is 35.7 Å². The molecule has 0 aliphatic rings. The van der Waals surface area contributed by atoms with E-state index in [1.807, 2.05) is 0 Å². The van der Waals surface area contributed by atoms with Crippen LogP contribution in [0, 0.1) is 34.0 Å². The molecule has 0 aromatic rings. The summed E-state index contributed by atoms with van der Waals surface area (Å²) in [6, 6.07) is 4.90. The smallest absolute Gasteiger partial charge is 1.00 e. The Morgan fingerprint density at radius 1 is 0.750 bits per heavy atom. The molecule has 0 heterocycles. The maximum absolute atomic E-state index is 10.8. The number of nitrogens with zero attached hydrogens (tertiary/aromatic N) is 3. The Kier molecular flexibility index (Phi) is 51.8. The largest absolute Gasteiger partial charge is 1.00 e. The van der Waals surface area contributed by atoms with Crippen LogP contribution in [0.5, 0.6) is 0 Å². The number of carbonyl (C=O) groups excluding carboxylic acids is 4.